The fraction of sp³-hybridized carbons (Fsp3) is 0.143. The van der Waals surface area contributed by atoms with Crippen LogP contribution in [0, 0.1) is 11.6 Å². The molecule has 0 radical (unpaired) electrons. The highest BCUT2D eigenvalue weighted by atomic mass is 19.2. The van der Waals surface area contributed by atoms with Crippen LogP contribution in [0.15, 0.2) is 51.7 Å². The third-order valence-electron chi connectivity index (χ3n) is 5.38. The quantitative estimate of drug-likeness (QED) is 0.445. The molecule has 6 rings (SSSR count). The van der Waals surface area contributed by atoms with Gasteiger partial charge in [-0.3, -0.25) is 9.78 Å². The number of aromatic nitrogens is 6. The summed E-state index contributed by atoms with van der Waals surface area (Å²) in [4.78, 5) is 30.5. The number of oxazole rings is 1. The van der Waals surface area contributed by atoms with Gasteiger partial charge in [0, 0.05) is 24.9 Å². The molecule has 1 aliphatic heterocycles. The second-order valence-corrected chi connectivity index (χ2v) is 7.31. The number of amides is 1. The van der Waals surface area contributed by atoms with Crippen molar-refractivity contribution >= 4 is 17.0 Å². The Morgan fingerprint density at radius 3 is 2.88 bits per heavy atom. The molecule has 1 atom stereocenters. The van der Waals surface area contributed by atoms with Crippen LogP contribution < -0.4 is 0 Å². The van der Waals surface area contributed by atoms with Gasteiger partial charge in [-0.05, 0) is 24.3 Å². The molecule has 0 spiro atoms. The number of nitrogens with one attached hydrogen (secondary N) is 1. The number of imidazole rings is 1. The fourth-order valence-electron chi connectivity index (χ4n) is 3.84. The summed E-state index contributed by atoms with van der Waals surface area (Å²) in [6.45, 7) is 0.246. The van der Waals surface area contributed by atoms with Gasteiger partial charge < -0.3 is 18.7 Å². The predicted molar refractivity (Wildman–Crippen MR) is 107 cm³/mol. The van der Waals surface area contributed by atoms with Crippen LogP contribution in [0.2, 0.25) is 0 Å². The summed E-state index contributed by atoms with van der Waals surface area (Å²) in [6, 6.07) is 6.52. The van der Waals surface area contributed by atoms with Gasteiger partial charge in [0.15, 0.2) is 17.4 Å². The Morgan fingerprint density at radius 1 is 1.12 bits per heavy atom. The summed E-state index contributed by atoms with van der Waals surface area (Å²) in [7, 11) is 0. The molecule has 0 fully saturated rings. The third kappa shape index (κ3) is 3.06. The second kappa shape index (κ2) is 7.29. The smallest absolute Gasteiger partial charge is 0.312 e. The van der Waals surface area contributed by atoms with Crippen LogP contribution in [0.1, 0.15) is 34.0 Å². The Balaban J connectivity index is 1.42. The van der Waals surface area contributed by atoms with Gasteiger partial charge >= 0.3 is 11.8 Å². The van der Waals surface area contributed by atoms with Crippen LogP contribution in [-0.2, 0) is 6.42 Å². The molecule has 10 nitrogen and oxygen atoms in total. The van der Waals surface area contributed by atoms with Crippen molar-refractivity contribution in [1.82, 2.24) is 35.0 Å². The first kappa shape index (κ1) is 19.2. The molecule has 5 heterocycles. The van der Waals surface area contributed by atoms with Crippen LogP contribution in [0.5, 0.6) is 0 Å². The first-order valence-electron chi connectivity index (χ1n) is 9.92. The van der Waals surface area contributed by atoms with Gasteiger partial charge in [-0.1, -0.05) is 6.07 Å². The zero-order valence-corrected chi connectivity index (χ0v) is 16.7. The zero-order valence-electron chi connectivity index (χ0n) is 16.7. The predicted octanol–water partition coefficient (Wildman–Crippen LogP) is 3.06. The van der Waals surface area contributed by atoms with Crippen LogP contribution in [0.3, 0.4) is 0 Å². The Labute approximate surface area is 183 Å². The van der Waals surface area contributed by atoms with Gasteiger partial charge in [0.05, 0.1) is 12.0 Å². The van der Waals surface area contributed by atoms with Crippen LogP contribution in [0.4, 0.5) is 8.78 Å². The van der Waals surface area contributed by atoms with Crippen molar-refractivity contribution in [3.63, 3.8) is 0 Å². The molecule has 1 N–H and O–H groups in total. The highest BCUT2D eigenvalue weighted by Gasteiger charge is 2.40. The first-order valence-corrected chi connectivity index (χ1v) is 9.92. The van der Waals surface area contributed by atoms with E-state index >= 15 is 0 Å². The third-order valence-corrected chi connectivity index (χ3v) is 5.38. The maximum absolute atomic E-state index is 14.2. The molecule has 5 aromatic rings. The highest BCUT2D eigenvalue weighted by Crippen LogP contribution is 2.36. The van der Waals surface area contributed by atoms with Gasteiger partial charge in [0.2, 0.25) is 11.7 Å². The van der Waals surface area contributed by atoms with E-state index in [0.717, 1.165) is 11.8 Å². The van der Waals surface area contributed by atoms with Gasteiger partial charge in [0.25, 0.3) is 5.89 Å². The number of hydrogen-bond acceptors (Lipinski definition) is 8. The molecule has 4 aromatic heterocycles. The molecule has 0 unspecified atom stereocenters. The van der Waals surface area contributed by atoms with E-state index in [1.807, 2.05) is 0 Å². The summed E-state index contributed by atoms with van der Waals surface area (Å²) in [5.41, 5.74) is 1.46. The van der Waals surface area contributed by atoms with Crippen molar-refractivity contribution in [1.29, 1.82) is 0 Å². The summed E-state index contributed by atoms with van der Waals surface area (Å²) in [5, 5.41) is 7.78. The van der Waals surface area contributed by atoms with Gasteiger partial charge in [-0.25, -0.2) is 14.4 Å². The van der Waals surface area contributed by atoms with E-state index in [-0.39, 0.29) is 35.3 Å². The summed E-state index contributed by atoms with van der Waals surface area (Å²) >= 11 is 0. The Bertz CT molecular complexity index is 1490. The second-order valence-electron chi connectivity index (χ2n) is 7.31. The van der Waals surface area contributed by atoms with E-state index in [2.05, 4.69) is 30.1 Å². The average Bonchev–Trinajstić information content (AvgIpc) is 3.60. The average molecular weight is 449 g/mol. The SMILES string of the molecule is O=C(c1nnc(-c2ccccn2)o1)N1CCc2[nH]cnc2[C@H]1c1nc2ccc(F)c(F)c2o1. The number of pyridine rings is 1. The van der Waals surface area contributed by atoms with Gasteiger partial charge in [0.1, 0.15) is 11.2 Å². The molecule has 33 heavy (non-hydrogen) atoms. The van der Waals surface area contributed by atoms with E-state index in [4.69, 9.17) is 8.83 Å². The van der Waals surface area contributed by atoms with Crippen molar-refractivity contribution in [3.05, 3.63) is 77.7 Å². The van der Waals surface area contributed by atoms with Crippen LogP contribution in [0.25, 0.3) is 22.7 Å². The maximum Gasteiger partial charge on any atom is 0.312 e. The van der Waals surface area contributed by atoms with Gasteiger partial charge in [-0.2, -0.15) is 4.39 Å². The Kier molecular flexibility index (Phi) is 4.25. The molecule has 1 aliphatic rings. The summed E-state index contributed by atoms with van der Waals surface area (Å²) in [6.07, 6.45) is 3.53. The summed E-state index contributed by atoms with van der Waals surface area (Å²) < 4.78 is 39.1. The fourth-order valence-corrected chi connectivity index (χ4v) is 3.84. The number of benzene rings is 1. The monoisotopic (exact) mass is 449 g/mol. The molecule has 0 aliphatic carbocycles. The van der Waals surface area contributed by atoms with Crippen molar-refractivity contribution in [2.24, 2.45) is 0 Å². The lowest BCUT2D eigenvalue weighted by Gasteiger charge is -2.31. The molecule has 12 heteroatoms. The van der Waals surface area contributed by atoms with E-state index < -0.39 is 23.6 Å². The number of carbonyl (C=O) groups is 1. The number of halogens is 2. The minimum Gasteiger partial charge on any atom is -0.435 e. The molecular formula is C21H13F2N7O3. The molecule has 0 saturated heterocycles. The van der Waals surface area contributed by atoms with E-state index in [0.29, 0.717) is 17.8 Å². The number of hydrogen-bond donors (Lipinski definition) is 1. The molecular weight excluding hydrogens is 436 g/mol. The number of fused-ring (bicyclic) bond motifs is 2. The number of H-pyrrole nitrogens is 1. The molecule has 1 aromatic carbocycles. The lowest BCUT2D eigenvalue weighted by atomic mass is 10.0. The Morgan fingerprint density at radius 2 is 2.03 bits per heavy atom. The van der Waals surface area contributed by atoms with Crippen LogP contribution >= 0.6 is 0 Å². The lowest BCUT2D eigenvalue weighted by Crippen LogP contribution is -2.41. The topological polar surface area (TPSA) is 127 Å². The van der Waals surface area contributed by atoms with E-state index in [1.165, 1.54) is 17.3 Å². The van der Waals surface area contributed by atoms with Crippen LogP contribution in [-0.4, -0.2) is 47.5 Å². The molecule has 164 valence electrons. The normalized spacial score (nSPS) is 15.7. The van der Waals surface area contributed by atoms with Crippen molar-refractivity contribution in [3.8, 4) is 11.6 Å². The Hall–Kier alpha value is -4.48. The standard InChI is InChI=1S/C21H13F2N7O3/c22-10-4-5-12-17(14(10)23)32-19(27-12)16-15-11(25-9-26-15)6-8-30(16)21(31)20-29-28-18(33-20)13-3-1-2-7-24-13/h1-5,7,9,16H,6,8H2,(H,25,26)/t16-/m0/s1. The minimum atomic E-state index is -1.15. The largest absolute Gasteiger partial charge is 0.435 e. The van der Waals surface area contributed by atoms with Crippen molar-refractivity contribution in [2.75, 3.05) is 6.54 Å². The van der Waals surface area contributed by atoms with Crippen molar-refractivity contribution in [2.45, 2.75) is 12.5 Å². The number of aromatic amines is 1. The van der Waals surface area contributed by atoms with Crippen molar-refractivity contribution < 1.29 is 22.4 Å². The van der Waals surface area contributed by atoms with E-state index in [1.54, 1.807) is 24.4 Å². The summed E-state index contributed by atoms with van der Waals surface area (Å²) in [5.74, 6) is -2.98. The molecule has 1 amide bonds. The highest BCUT2D eigenvalue weighted by molar-refractivity contribution is 5.90. The minimum absolute atomic E-state index is 0.0136. The number of carbonyl (C=O) groups excluding carboxylic acids is 1. The van der Waals surface area contributed by atoms with E-state index in [9.17, 15) is 13.6 Å². The number of rotatable bonds is 3. The first-order chi connectivity index (χ1) is 16.1. The lowest BCUT2D eigenvalue weighted by molar-refractivity contribution is 0.0627. The number of nitrogens with zero attached hydrogens (tertiary/aromatic N) is 6. The molecule has 0 saturated carbocycles. The maximum atomic E-state index is 14.2. The zero-order chi connectivity index (χ0) is 22.5. The molecule has 0 bridgehead atoms. The van der Waals surface area contributed by atoms with Gasteiger partial charge in [-0.15, -0.1) is 10.2 Å².